The van der Waals surface area contributed by atoms with Crippen molar-refractivity contribution < 1.29 is 4.79 Å². The van der Waals surface area contributed by atoms with Crippen LogP contribution in [0.2, 0.25) is 0 Å². The van der Waals surface area contributed by atoms with Gasteiger partial charge in [0.25, 0.3) is 0 Å². The van der Waals surface area contributed by atoms with Crippen LogP contribution in [0.3, 0.4) is 0 Å². The van der Waals surface area contributed by atoms with E-state index in [2.05, 4.69) is 27.9 Å². The van der Waals surface area contributed by atoms with Crippen molar-refractivity contribution in [2.24, 2.45) is 0 Å². The number of thiol groups is 1. The Labute approximate surface area is 82.2 Å². The average molecular weight is 197 g/mol. The van der Waals surface area contributed by atoms with Crippen LogP contribution in [0.1, 0.15) is 12.6 Å². The SMILES string of the molecule is CC(S)C(=O)NCc1ccncn1. The van der Waals surface area contributed by atoms with Gasteiger partial charge in [-0.25, -0.2) is 9.97 Å². The van der Waals surface area contributed by atoms with Crippen molar-refractivity contribution in [3.63, 3.8) is 0 Å². The smallest absolute Gasteiger partial charge is 0.232 e. The van der Waals surface area contributed by atoms with Crippen LogP contribution in [0.25, 0.3) is 0 Å². The maximum Gasteiger partial charge on any atom is 0.232 e. The lowest BCUT2D eigenvalue weighted by Gasteiger charge is -2.05. The zero-order valence-electron chi connectivity index (χ0n) is 7.27. The molecule has 0 saturated carbocycles. The van der Waals surface area contributed by atoms with Crippen molar-refractivity contribution >= 4 is 18.5 Å². The topological polar surface area (TPSA) is 54.9 Å². The quantitative estimate of drug-likeness (QED) is 0.690. The summed E-state index contributed by atoms with van der Waals surface area (Å²) in [6, 6.07) is 1.75. The molecule has 1 N–H and O–H groups in total. The van der Waals surface area contributed by atoms with Gasteiger partial charge < -0.3 is 5.32 Å². The highest BCUT2D eigenvalue weighted by molar-refractivity contribution is 7.81. The van der Waals surface area contributed by atoms with Gasteiger partial charge in [-0.2, -0.15) is 12.6 Å². The van der Waals surface area contributed by atoms with Gasteiger partial charge in [0.05, 0.1) is 17.5 Å². The third kappa shape index (κ3) is 3.42. The Hall–Kier alpha value is -1.10. The maximum atomic E-state index is 11.1. The summed E-state index contributed by atoms with van der Waals surface area (Å²) >= 11 is 3.99. The molecule has 1 unspecified atom stereocenters. The van der Waals surface area contributed by atoms with Gasteiger partial charge in [-0.15, -0.1) is 0 Å². The van der Waals surface area contributed by atoms with E-state index < -0.39 is 0 Å². The minimum atomic E-state index is -0.290. The summed E-state index contributed by atoms with van der Waals surface area (Å²) in [5.41, 5.74) is 0.789. The Morgan fingerprint density at radius 3 is 3.08 bits per heavy atom. The lowest BCUT2D eigenvalue weighted by atomic mass is 10.4. The van der Waals surface area contributed by atoms with E-state index in [4.69, 9.17) is 0 Å². The van der Waals surface area contributed by atoms with Crippen molar-refractivity contribution in [1.29, 1.82) is 0 Å². The molecule has 0 bridgehead atoms. The summed E-state index contributed by atoms with van der Waals surface area (Å²) in [6.45, 7) is 2.14. The first-order valence-electron chi connectivity index (χ1n) is 3.91. The van der Waals surface area contributed by atoms with E-state index in [-0.39, 0.29) is 11.2 Å². The monoisotopic (exact) mass is 197 g/mol. The molecule has 70 valence electrons. The van der Waals surface area contributed by atoms with Gasteiger partial charge in [-0.05, 0) is 13.0 Å². The van der Waals surface area contributed by atoms with Gasteiger partial charge >= 0.3 is 0 Å². The lowest BCUT2D eigenvalue weighted by Crippen LogP contribution is -2.29. The van der Waals surface area contributed by atoms with Gasteiger partial charge in [0.15, 0.2) is 0 Å². The first-order chi connectivity index (χ1) is 6.20. The van der Waals surface area contributed by atoms with Crippen molar-refractivity contribution in [1.82, 2.24) is 15.3 Å². The second-order valence-electron chi connectivity index (χ2n) is 2.59. The number of rotatable bonds is 3. The predicted octanol–water partition coefficient (Wildman–Crippen LogP) is 0.411. The summed E-state index contributed by atoms with van der Waals surface area (Å²) in [5.74, 6) is -0.0954. The summed E-state index contributed by atoms with van der Waals surface area (Å²) in [6.07, 6.45) is 3.09. The number of carbonyl (C=O) groups excluding carboxylic acids is 1. The average Bonchev–Trinajstić information content (AvgIpc) is 2.15. The molecule has 1 rings (SSSR count). The molecule has 0 fully saturated rings. The number of nitrogens with zero attached hydrogens (tertiary/aromatic N) is 2. The molecule has 0 spiro atoms. The highest BCUT2D eigenvalue weighted by atomic mass is 32.1. The number of aromatic nitrogens is 2. The summed E-state index contributed by atoms with van der Waals surface area (Å²) in [4.78, 5) is 18.8. The molecule has 0 saturated heterocycles. The first-order valence-corrected chi connectivity index (χ1v) is 4.42. The molecule has 1 amide bonds. The van der Waals surface area contributed by atoms with Gasteiger partial charge in [0.1, 0.15) is 6.33 Å². The van der Waals surface area contributed by atoms with E-state index in [1.165, 1.54) is 6.33 Å². The molecule has 1 heterocycles. The fourth-order valence-corrected chi connectivity index (χ4v) is 0.839. The third-order valence-corrected chi connectivity index (χ3v) is 1.70. The van der Waals surface area contributed by atoms with Crippen molar-refractivity contribution in [3.05, 3.63) is 24.3 Å². The Morgan fingerprint density at radius 1 is 1.77 bits per heavy atom. The Morgan fingerprint density at radius 2 is 2.54 bits per heavy atom. The van der Waals surface area contributed by atoms with Gasteiger partial charge in [0.2, 0.25) is 5.91 Å². The van der Waals surface area contributed by atoms with E-state index in [1.807, 2.05) is 0 Å². The third-order valence-electron chi connectivity index (χ3n) is 1.47. The van der Waals surface area contributed by atoms with Crippen LogP contribution in [0, 0.1) is 0 Å². The van der Waals surface area contributed by atoms with E-state index in [1.54, 1.807) is 19.2 Å². The molecule has 0 aromatic carbocycles. The molecule has 5 heteroatoms. The molecule has 4 nitrogen and oxygen atoms in total. The minimum absolute atomic E-state index is 0.0954. The largest absolute Gasteiger partial charge is 0.350 e. The highest BCUT2D eigenvalue weighted by Crippen LogP contribution is 1.94. The van der Waals surface area contributed by atoms with Gasteiger partial charge in [-0.3, -0.25) is 4.79 Å². The van der Waals surface area contributed by atoms with Gasteiger partial charge in [0, 0.05) is 6.20 Å². The number of nitrogens with one attached hydrogen (secondary N) is 1. The minimum Gasteiger partial charge on any atom is -0.350 e. The second-order valence-corrected chi connectivity index (χ2v) is 3.37. The Bertz CT molecular complexity index is 276. The summed E-state index contributed by atoms with van der Waals surface area (Å²) in [5, 5.41) is 2.40. The van der Waals surface area contributed by atoms with Crippen LogP contribution >= 0.6 is 12.6 Å². The van der Waals surface area contributed by atoms with E-state index >= 15 is 0 Å². The maximum absolute atomic E-state index is 11.1. The van der Waals surface area contributed by atoms with E-state index in [9.17, 15) is 4.79 Å². The molecular formula is C8H11N3OS. The Kier molecular flexibility index (Phi) is 3.70. The van der Waals surface area contributed by atoms with Gasteiger partial charge in [-0.1, -0.05) is 0 Å². The normalized spacial score (nSPS) is 12.2. The van der Waals surface area contributed by atoms with Crippen LogP contribution in [0.4, 0.5) is 0 Å². The van der Waals surface area contributed by atoms with Crippen LogP contribution in [0.5, 0.6) is 0 Å². The molecule has 0 aliphatic rings. The van der Waals surface area contributed by atoms with Crippen LogP contribution in [-0.4, -0.2) is 21.1 Å². The zero-order chi connectivity index (χ0) is 9.68. The van der Waals surface area contributed by atoms with E-state index in [0.29, 0.717) is 6.54 Å². The van der Waals surface area contributed by atoms with Crippen LogP contribution in [0.15, 0.2) is 18.6 Å². The molecule has 0 radical (unpaired) electrons. The fourth-order valence-electron chi connectivity index (χ4n) is 0.748. The predicted molar refractivity (Wildman–Crippen MR) is 52.3 cm³/mol. The molecule has 13 heavy (non-hydrogen) atoms. The lowest BCUT2D eigenvalue weighted by molar-refractivity contribution is -0.120. The van der Waals surface area contributed by atoms with E-state index in [0.717, 1.165) is 5.69 Å². The molecule has 1 atom stereocenters. The van der Waals surface area contributed by atoms with Crippen LogP contribution < -0.4 is 5.32 Å². The number of hydrogen-bond donors (Lipinski definition) is 2. The number of hydrogen-bond acceptors (Lipinski definition) is 4. The second kappa shape index (κ2) is 4.81. The molecule has 1 aromatic heterocycles. The summed E-state index contributed by atoms with van der Waals surface area (Å²) in [7, 11) is 0. The molecule has 0 aliphatic carbocycles. The first kappa shape index (κ1) is 9.98. The molecule has 1 aromatic rings. The zero-order valence-corrected chi connectivity index (χ0v) is 8.16. The molecule has 0 aliphatic heterocycles. The number of amides is 1. The Balaban J connectivity index is 2.40. The van der Waals surface area contributed by atoms with Crippen molar-refractivity contribution in [3.8, 4) is 0 Å². The molecular weight excluding hydrogens is 186 g/mol. The van der Waals surface area contributed by atoms with Crippen LogP contribution in [-0.2, 0) is 11.3 Å². The standard InChI is InChI=1S/C8H11N3OS/c1-6(13)8(12)10-4-7-2-3-9-5-11-7/h2-3,5-6,13H,4H2,1H3,(H,10,12). The van der Waals surface area contributed by atoms with Crippen molar-refractivity contribution in [2.75, 3.05) is 0 Å². The highest BCUT2D eigenvalue weighted by Gasteiger charge is 2.06. The summed E-state index contributed by atoms with van der Waals surface area (Å²) < 4.78 is 0. The van der Waals surface area contributed by atoms with Crippen molar-refractivity contribution in [2.45, 2.75) is 18.7 Å². The number of carbonyl (C=O) groups is 1. The fraction of sp³-hybridized carbons (Fsp3) is 0.375.